The van der Waals surface area contributed by atoms with E-state index in [2.05, 4.69) is 6.92 Å². The van der Waals surface area contributed by atoms with Gasteiger partial charge in [0.15, 0.2) is 0 Å². The summed E-state index contributed by atoms with van der Waals surface area (Å²) in [4.78, 5) is 10.9. The number of fused-ring (bicyclic) bond motifs is 1. The molecule has 2 rings (SSSR count). The Balaban J connectivity index is 2.61. The van der Waals surface area contributed by atoms with Gasteiger partial charge in [-0.2, -0.15) is 0 Å². The molecule has 0 spiro atoms. The van der Waals surface area contributed by atoms with E-state index in [0.29, 0.717) is 16.0 Å². The SMILES string of the molecule is CC1CC(C=O)c2cc(Cl)cc(Cl)c21. The molecule has 0 amide bonds. The monoisotopic (exact) mass is 228 g/mol. The molecule has 0 N–H and O–H groups in total. The minimum Gasteiger partial charge on any atom is -0.303 e. The van der Waals surface area contributed by atoms with Crippen LogP contribution in [-0.4, -0.2) is 6.29 Å². The molecule has 0 aromatic heterocycles. The molecule has 1 aliphatic rings. The molecule has 2 unspecified atom stereocenters. The largest absolute Gasteiger partial charge is 0.303 e. The Hall–Kier alpha value is -0.530. The summed E-state index contributed by atoms with van der Waals surface area (Å²) < 4.78 is 0. The molecule has 0 heterocycles. The molecule has 2 atom stereocenters. The van der Waals surface area contributed by atoms with Gasteiger partial charge in [-0.3, -0.25) is 0 Å². The maximum absolute atomic E-state index is 10.9. The van der Waals surface area contributed by atoms with Crippen LogP contribution in [0.5, 0.6) is 0 Å². The van der Waals surface area contributed by atoms with E-state index in [1.165, 1.54) is 0 Å². The standard InChI is InChI=1S/C11H10Cl2O/c1-6-2-7(5-14)9-3-8(12)4-10(13)11(6)9/h3-7H,2H2,1H3. The number of rotatable bonds is 1. The van der Waals surface area contributed by atoms with Gasteiger partial charge in [0.2, 0.25) is 0 Å². The minimum atomic E-state index is -0.0313. The van der Waals surface area contributed by atoms with E-state index in [0.717, 1.165) is 23.8 Å². The van der Waals surface area contributed by atoms with Crippen molar-refractivity contribution in [3.63, 3.8) is 0 Å². The average molecular weight is 229 g/mol. The molecule has 74 valence electrons. The van der Waals surface area contributed by atoms with Crippen LogP contribution in [0.2, 0.25) is 10.0 Å². The van der Waals surface area contributed by atoms with Crippen LogP contribution in [0.15, 0.2) is 12.1 Å². The van der Waals surface area contributed by atoms with Crippen molar-refractivity contribution in [2.24, 2.45) is 0 Å². The molecule has 3 heteroatoms. The molecule has 0 aliphatic heterocycles. The fourth-order valence-electron chi connectivity index (χ4n) is 2.19. The summed E-state index contributed by atoms with van der Waals surface area (Å²) in [6.45, 7) is 2.09. The van der Waals surface area contributed by atoms with Crippen molar-refractivity contribution in [3.8, 4) is 0 Å². The van der Waals surface area contributed by atoms with Crippen LogP contribution in [0, 0.1) is 0 Å². The third kappa shape index (κ3) is 1.45. The lowest BCUT2D eigenvalue weighted by Gasteiger charge is -2.07. The molecule has 0 saturated carbocycles. The van der Waals surface area contributed by atoms with Gasteiger partial charge in [0.25, 0.3) is 0 Å². The zero-order chi connectivity index (χ0) is 10.3. The Morgan fingerprint density at radius 3 is 2.79 bits per heavy atom. The van der Waals surface area contributed by atoms with Gasteiger partial charge in [-0.1, -0.05) is 30.1 Å². The average Bonchev–Trinajstić information content (AvgIpc) is 2.42. The van der Waals surface area contributed by atoms with E-state index >= 15 is 0 Å². The number of hydrogen-bond acceptors (Lipinski definition) is 1. The molecular weight excluding hydrogens is 219 g/mol. The summed E-state index contributed by atoms with van der Waals surface area (Å²) in [5.74, 6) is 0.321. The van der Waals surface area contributed by atoms with Crippen molar-refractivity contribution >= 4 is 29.5 Å². The van der Waals surface area contributed by atoms with Crippen LogP contribution < -0.4 is 0 Å². The number of hydrogen-bond donors (Lipinski definition) is 0. The Kier molecular flexibility index (Phi) is 2.54. The van der Waals surface area contributed by atoms with Crippen molar-refractivity contribution < 1.29 is 4.79 Å². The number of aldehydes is 1. The lowest BCUT2D eigenvalue weighted by molar-refractivity contribution is -0.109. The highest BCUT2D eigenvalue weighted by molar-refractivity contribution is 6.35. The maximum Gasteiger partial charge on any atom is 0.127 e. The quantitative estimate of drug-likeness (QED) is 0.669. The van der Waals surface area contributed by atoms with Crippen LogP contribution in [0.3, 0.4) is 0 Å². The summed E-state index contributed by atoms with van der Waals surface area (Å²) in [5.41, 5.74) is 2.10. The second-order valence-corrected chi connectivity index (χ2v) is 4.61. The number of carbonyl (C=O) groups excluding carboxylic acids is 1. The molecule has 1 aromatic carbocycles. The molecule has 0 radical (unpaired) electrons. The van der Waals surface area contributed by atoms with Crippen LogP contribution in [-0.2, 0) is 4.79 Å². The minimum absolute atomic E-state index is 0.0313. The zero-order valence-corrected chi connectivity index (χ0v) is 9.27. The van der Waals surface area contributed by atoms with Crippen molar-refractivity contribution in [2.45, 2.75) is 25.2 Å². The Bertz CT molecular complexity index is 387. The van der Waals surface area contributed by atoms with E-state index in [4.69, 9.17) is 23.2 Å². The summed E-state index contributed by atoms with van der Waals surface area (Å²) in [7, 11) is 0. The summed E-state index contributed by atoms with van der Waals surface area (Å²) in [6, 6.07) is 3.59. The molecule has 0 fully saturated rings. The van der Waals surface area contributed by atoms with Crippen molar-refractivity contribution in [2.75, 3.05) is 0 Å². The zero-order valence-electron chi connectivity index (χ0n) is 7.76. The van der Waals surface area contributed by atoms with E-state index < -0.39 is 0 Å². The fraction of sp³-hybridized carbons (Fsp3) is 0.364. The van der Waals surface area contributed by atoms with E-state index in [9.17, 15) is 4.79 Å². The first kappa shape index (κ1) is 10.0. The second kappa shape index (κ2) is 3.56. The van der Waals surface area contributed by atoms with Gasteiger partial charge < -0.3 is 4.79 Å². The van der Waals surface area contributed by atoms with E-state index in [1.54, 1.807) is 6.07 Å². The van der Waals surface area contributed by atoms with Gasteiger partial charge in [-0.15, -0.1) is 0 Å². The smallest absolute Gasteiger partial charge is 0.127 e. The third-order valence-corrected chi connectivity index (χ3v) is 3.32. The Morgan fingerprint density at radius 2 is 2.14 bits per heavy atom. The predicted octanol–water partition coefficient (Wildman–Crippen LogP) is 3.78. The van der Waals surface area contributed by atoms with E-state index in [1.807, 2.05) is 6.07 Å². The van der Waals surface area contributed by atoms with Crippen molar-refractivity contribution in [1.82, 2.24) is 0 Å². The van der Waals surface area contributed by atoms with Crippen LogP contribution in [0.4, 0.5) is 0 Å². The Labute approximate surface area is 93.0 Å². The highest BCUT2D eigenvalue weighted by Gasteiger charge is 2.30. The normalized spacial score (nSPS) is 24.8. The topological polar surface area (TPSA) is 17.1 Å². The van der Waals surface area contributed by atoms with Gasteiger partial charge in [-0.25, -0.2) is 0 Å². The predicted molar refractivity (Wildman–Crippen MR) is 58.3 cm³/mol. The van der Waals surface area contributed by atoms with E-state index in [-0.39, 0.29) is 5.92 Å². The molecule has 1 aliphatic carbocycles. The first-order valence-corrected chi connectivity index (χ1v) is 5.33. The lowest BCUT2D eigenvalue weighted by Crippen LogP contribution is -1.93. The van der Waals surface area contributed by atoms with Gasteiger partial charge in [-0.05, 0) is 35.6 Å². The highest BCUT2D eigenvalue weighted by Crippen LogP contribution is 2.45. The van der Waals surface area contributed by atoms with Gasteiger partial charge in [0, 0.05) is 16.0 Å². The summed E-state index contributed by atoms with van der Waals surface area (Å²) in [5, 5.41) is 1.29. The number of halogens is 2. The van der Waals surface area contributed by atoms with Crippen LogP contribution >= 0.6 is 23.2 Å². The van der Waals surface area contributed by atoms with Gasteiger partial charge in [0.05, 0.1) is 0 Å². The first-order valence-electron chi connectivity index (χ1n) is 4.57. The van der Waals surface area contributed by atoms with Gasteiger partial charge >= 0.3 is 0 Å². The van der Waals surface area contributed by atoms with Crippen LogP contribution in [0.1, 0.15) is 36.3 Å². The molecule has 0 bridgehead atoms. The maximum atomic E-state index is 10.9. The van der Waals surface area contributed by atoms with Crippen molar-refractivity contribution in [3.05, 3.63) is 33.3 Å². The highest BCUT2D eigenvalue weighted by atomic mass is 35.5. The molecule has 1 aromatic rings. The third-order valence-electron chi connectivity index (χ3n) is 2.79. The van der Waals surface area contributed by atoms with Gasteiger partial charge in [0.1, 0.15) is 6.29 Å². The van der Waals surface area contributed by atoms with Crippen molar-refractivity contribution in [1.29, 1.82) is 0 Å². The molecule has 0 saturated heterocycles. The summed E-state index contributed by atoms with van der Waals surface area (Å²) in [6.07, 6.45) is 1.83. The molecular formula is C11H10Cl2O. The lowest BCUT2D eigenvalue weighted by atomic mass is 10.0. The fourth-order valence-corrected chi connectivity index (χ4v) is 2.88. The summed E-state index contributed by atoms with van der Waals surface area (Å²) >= 11 is 12.0. The second-order valence-electron chi connectivity index (χ2n) is 3.77. The Morgan fingerprint density at radius 1 is 1.43 bits per heavy atom. The first-order chi connectivity index (χ1) is 6.63. The molecule has 1 nitrogen and oxygen atoms in total. The van der Waals surface area contributed by atoms with Crippen LogP contribution in [0.25, 0.3) is 0 Å². The molecule has 14 heavy (non-hydrogen) atoms. The number of benzene rings is 1. The number of carbonyl (C=O) groups is 1.